The van der Waals surface area contributed by atoms with Crippen LogP contribution in [-0.4, -0.2) is 24.9 Å². The fraction of sp³-hybridized carbons (Fsp3) is 0.778. The third kappa shape index (κ3) is 2.99. The molecule has 0 aromatic carbocycles. The first-order valence-electron chi connectivity index (χ1n) is 4.87. The number of guanidine groups is 1. The first-order valence-corrected chi connectivity index (χ1v) is 4.87. The van der Waals surface area contributed by atoms with E-state index >= 15 is 0 Å². The lowest BCUT2D eigenvalue weighted by atomic mass is 9.86. The number of nitrogens with two attached hydrogens (primary N) is 2. The molecule has 80 valence electrons. The molecule has 1 aliphatic carbocycles. The van der Waals surface area contributed by atoms with Crippen molar-refractivity contribution in [1.82, 2.24) is 0 Å². The quantitative estimate of drug-likeness (QED) is 0.395. The van der Waals surface area contributed by atoms with Crippen LogP contribution in [0.15, 0.2) is 10.2 Å². The largest absolute Gasteiger partial charge is 0.372 e. The lowest BCUT2D eigenvalue weighted by Gasteiger charge is -2.31. The molecule has 0 heterocycles. The number of hydrogen-bond acceptors (Lipinski definition) is 3. The van der Waals surface area contributed by atoms with Crippen LogP contribution in [0.1, 0.15) is 32.1 Å². The van der Waals surface area contributed by atoms with E-state index in [0.717, 1.165) is 12.8 Å². The molecule has 0 aliphatic heterocycles. The summed E-state index contributed by atoms with van der Waals surface area (Å²) >= 11 is 0. The number of rotatable bonds is 3. The maximum Gasteiger partial charge on any atom is 0.211 e. The summed E-state index contributed by atoms with van der Waals surface area (Å²) in [5, 5.41) is 7.40. The lowest BCUT2D eigenvalue weighted by molar-refractivity contribution is 0.0233. The summed E-state index contributed by atoms with van der Waals surface area (Å²) in [5.74, 6) is -0.0247. The van der Waals surface area contributed by atoms with Gasteiger partial charge in [-0.25, -0.2) is 0 Å². The van der Waals surface area contributed by atoms with Gasteiger partial charge in [-0.1, -0.05) is 19.3 Å². The zero-order valence-corrected chi connectivity index (χ0v) is 8.57. The van der Waals surface area contributed by atoms with Gasteiger partial charge < -0.3 is 16.2 Å². The van der Waals surface area contributed by atoms with Gasteiger partial charge in [-0.2, -0.15) is 5.10 Å². The molecule has 5 nitrogen and oxygen atoms in total. The first kappa shape index (κ1) is 11.0. The number of ether oxygens (including phenoxy) is 1. The van der Waals surface area contributed by atoms with Gasteiger partial charge in [0.05, 0.1) is 6.21 Å². The Labute approximate surface area is 84.2 Å². The average molecular weight is 198 g/mol. The molecule has 0 atom stereocenters. The van der Waals surface area contributed by atoms with Crippen molar-refractivity contribution < 1.29 is 4.74 Å². The summed E-state index contributed by atoms with van der Waals surface area (Å²) in [6.45, 7) is 0. The predicted octanol–water partition coefficient (Wildman–Crippen LogP) is 0.595. The molecule has 1 fully saturated rings. The van der Waals surface area contributed by atoms with Gasteiger partial charge in [0.1, 0.15) is 5.60 Å². The molecule has 1 aliphatic rings. The molecule has 4 N–H and O–H groups in total. The normalized spacial score (nSPS) is 20.9. The first-order chi connectivity index (χ1) is 6.68. The van der Waals surface area contributed by atoms with Crippen molar-refractivity contribution in [1.29, 1.82) is 0 Å². The third-order valence-electron chi connectivity index (χ3n) is 2.57. The van der Waals surface area contributed by atoms with Gasteiger partial charge in [-0.05, 0) is 12.8 Å². The molecular formula is C9H18N4O. The highest BCUT2D eigenvalue weighted by Gasteiger charge is 2.29. The standard InChI is InChI=1S/C9H18N4O/c1-14-9(5-3-2-4-6-9)7-12-13-8(10)11/h7H,2-6H2,1H3,(H4,10,11,13)/b12-7+. The predicted molar refractivity (Wildman–Crippen MR) is 57.1 cm³/mol. The summed E-state index contributed by atoms with van der Waals surface area (Å²) in [6.07, 6.45) is 7.30. The summed E-state index contributed by atoms with van der Waals surface area (Å²) in [6, 6.07) is 0. The summed E-state index contributed by atoms with van der Waals surface area (Å²) < 4.78 is 5.46. The van der Waals surface area contributed by atoms with Crippen LogP contribution >= 0.6 is 0 Å². The third-order valence-corrected chi connectivity index (χ3v) is 2.57. The van der Waals surface area contributed by atoms with Gasteiger partial charge in [0.25, 0.3) is 0 Å². The Bertz CT molecular complexity index is 227. The zero-order valence-electron chi connectivity index (χ0n) is 8.57. The molecule has 5 heteroatoms. The van der Waals surface area contributed by atoms with Crippen molar-refractivity contribution in [2.45, 2.75) is 37.7 Å². The maximum atomic E-state index is 5.46. The van der Waals surface area contributed by atoms with E-state index in [0.29, 0.717) is 0 Å². The van der Waals surface area contributed by atoms with Gasteiger partial charge in [-0.15, -0.1) is 5.10 Å². The highest BCUT2D eigenvalue weighted by Crippen LogP contribution is 2.29. The average Bonchev–Trinajstić information content (AvgIpc) is 2.19. The topological polar surface area (TPSA) is 86.0 Å². The second kappa shape index (κ2) is 4.95. The molecular weight excluding hydrogens is 180 g/mol. The second-order valence-electron chi connectivity index (χ2n) is 3.60. The van der Waals surface area contributed by atoms with Gasteiger partial charge >= 0.3 is 0 Å². The van der Waals surface area contributed by atoms with E-state index in [-0.39, 0.29) is 11.6 Å². The fourth-order valence-electron chi connectivity index (χ4n) is 1.74. The van der Waals surface area contributed by atoms with Crippen LogP contribution in [0, 0.1) is 0 Å². The molecule has 0 unspecified atom stereocenters. The maximum absolute atomic E-state index is 5.46. The molecule has 14 heavy (non-hydrogen) atoms. The molecule has 1 rings (SSSR count). The van der Waals surface area contributed by atoms with Crippen molar-refractivity contribution in [3.63, 3.8) is 0 Å². The Morgan fingerprint density at radius 3 is 2.43 bits per heavy atom. The number of nitrogens with zero attached hydrogens (tertiary/aromatic N) is 2. The molecule has 0 spiro atoms. The van der Waals surface area contributed by atoms with E-state index in [1.807, 2.05) is 0 Å². The van der Waals surface area contributed by atoms with Gasteiger partial charge in [0.2, 0.25) is 5.96 Å². The van der Waals surface area contributed by atoms with E-state index < -0.39 is 0 Å². The van der Waals surface area contributed by atoms with Crippen LogP contribution in [0.4, 0.5) is 0 Å². The minimum absolute atomic E-state index is 0.0247. The van der Waals surface area contributed by atoms with Gasteiger partial charge in [0.15, 0.2) is 0 Å². The van der Waals surface area contributed by atoms with Crippen LogP contribution in [0.2, 0.25) is 0 Å². The molecule has 0 bridgehead atoms. The van der Waals surface area contributed by atoms with E-state index in [1.54, 1.807) is 13.3 Å². The van der Waals surface area contributed by atoms with Crippen LogP contribution in [0.3, 0.4) is 0 Å². The Morgan fingerprint density at radius 2 is 1.93 bits per heavy atom. The highest BCUT2D eigenvalue weighted by atomic mass is 16.5. The van der Waals surface area contributed by atoms with Crippen molar-refractivity contribution in [3.05, 3.63) is 0 Å². The van der Waals surface area contributed by atoms with E-state index in [2.05, 4.69) is 10.2 Å². The minimum Gasteiger partial charge on any atom is -0.372 e. The monoisotopic (exact) mass is 198 g/mol. The van der Waals surface area contributed by atoms with E-state index in [9.17, 15) is 0 Å². The van der Waals surface area contributed by atoms with Crippen LogP contribution in [0.5, 0.6) is 0 Å². The molecule has 0 radical (unpaired) electrons. The molecule has 0 amide bonds. The van der Waals surface area contributed by atoms with Crippen LogP contribution in [0.25, 0.3) is 0 Å². The summed E-state index contributed by atoms with van der Waals surface area (Å²) in [4.78, 5) is 0. The Kier molecular flexibility index (Phi) is 3.88. The van der Waals surface area contributed by atoms with Crippen molar-refractivity contribution in [2.24, 2.45) is 21.7 Å². The fourth-order valence-corrected chi connectivity index (χ4v) is 1.74. The van der Waals surface area contributed by atoms with Crippen LogP contribution < -0.4 is 11.5 Å². The SMILES string of the molecule is COC1(/C=N/N=C(N)N)CCCCC1. The zero-order chi connectivity index (χ0) is 10.4. The Balaban J connectivity index is 2.60. The minimum atomic E-state index is -0.253. The van der Waals surface area contributed by atoms with E-state index in [1.165, 1.54) is 19.3 Å². The van der Waals surface area contributed by atoms with Crippen LogP contribution in [-0.2, 0) is 4.74 Å². The van der Waals surface area contributed by atoms with Crippen molar-refractivity contribution >= 4 is 12.2 Å². The van der Waals surface area contributed by atoms with Gasteiger partial charge in [-0.3, -0.25) is 0 Å². The number of hydrogen-bond donors (Lipinski definition) is 2. The van der Waals surface area contributed by atoms with Gasteiger partial charge in [0, 0.05) is 7.11 Å². The number of methoxy groups -OCH3 is 1. The smallest absolute Gasteiger partial charge is 0.211 e. The van der Waals surface area contributed by atoms with E-state index in [4.69, 9.17) is 16.2 Å². The summed E-state index contributed by atoms with van der Waals surface area (Å²) in [7, 11) is 1.70. The molecule has 0 saturated heterocycles. The highest BCUT2D eigenvalue weighted by molar-refractivity contribution is 5.77. The Hall–Kier alpha value is -1.10. The molecule has 1 saturated carbocycles. The summed E-state index contributed by atoms with van der Waals surface area (Å²) in [5.41, 5.74) is 10.1. The van der Waals surface area contributed by atoms with Crippen molar-refractivity contribution in [3.8, 4) is 0 Å². The Morgan fingerprint density at radius 1 is 1.29 bits per heavy atom. The molecule has 0 aromatic heterocycles. The second-order valence-corrected chi connectivity index (χ2v) is 3.60. The molecule has 0 aromatic rings. The van der Waals surface area contributed by atoms with Crippen molar-refractivity contribution in [2.75, 3.05) is 7.11 Å². The lowest BCUT2D eigenvalue weighted by Crippen LogP contribution is -2.35.